The average molecular weight is 459 g/mol. The quantitative estimate of drug-likeness (QED) is 0.0925. The molecular weight excluding hydrogens is 408 g/mol. The van der Waals surface area contributed by atoms with Crippen LogP contribution in [0.1, 0.15) is 130 Å². The van der Waals surface area contributed by atoms with Crippen molar-refractivity contribution in [2.24, 2.45) is 0 Å². The standard InChI is InChI=1S/C26H50O6/c1-5-7-9-11-13-17-21-29-23(3)31-25(27)19-15-16-20-26(28)32-24(4)30-22-18-14-12-10-8-6-2/h23-24H,5-22H2,1-4H3. The number of hydrogen-bond acceptors (Lipinski definition) is 6. The molecule has 0 aliphatic rings. The molecule has 0 radical (unpaired) electrons. The highest BCUT2D eigenvalue weighted by Gasteiger charge is 2.12. The van der Waals surface area contributed by atoms with Crippen molar-refractivity contribution in [3.05, 3.63) is 0 Å². The third-order valence-electron chi connectivity index (χ3n) is 5.31. The number of ether oxygens (including phenoxy) is 4. The highest BCUT2D eigenvalue weighted by Crippen LogP contribution is 2.09. The van der Waals surface area contributed by atoms with E-state index in [0.717, 1.165) is 25.7 Å². The first-order valence-corrected chi connectivity index (χ1v) is 13.1. The van der Waals surface area contributed by atoms with E-state index in [9.17, 15) is 9.59 Å². The Morgan fingerprint density at radius 3 is 1.25 bits per heavy atom. The zero-order valence-electron chi connectivity index (χ0n) is 21.3. The highest BCUT2D eigenvalue weighted by molar-refractivity contribution is 5.70. The summed E-state index contributed by atoms with van der Waals surface area (Å²) in [5.74, 6) is -0.575. The van der Waals surface area contributed by atoms with E-state index in [4.69, 9.17) is 18.9 Å². The van der Waals surface area contributed by atoms with Crippen molar-refractivity contribution in [2.75, 3.05) is 13.2 Å². The van der Waals surface area contributed by atoms with Gasteiger partial charge in [0.05, 0.1) is 13.2 Å². The lowest BCUT2D eigenvalue weighted by Gasteiger charge is -2.15. The fourth-order valence-corrected chi connectivity index (χ4v) is 3.36. The maximum atomic E-state index is 11.9. The lowest BCUT2D eigenvalue weighted by Crippen LogP contribution is -2.19. The van der Waals surface area contributed by atoms with Gasteiger partial charge in [-0.25, -0.2) is 0 Å². The number of carbonyl (C=O) groups is 2. The second-order valence-corrected chi connectivity index (χ2v) is 8.60. The van der Waals surface area contributed by atoms with Gasteiger partial charge in [0.2, 0.25) is 0 Å². The molecule has 2 atom stereocenters. The van der Waals surface area contributed by atoms with E-state index in [0.29, 0.717) is 26.1 Å². The summed E-state index contributed by atoms with van der Waals surface area (Å²) in [6.07, 6.45) is 15.1. The minimum absolute atomic E-state index is 0.280. The van der Waals surface area contributed by atoms with E-state index in [1.54, 1.807) is 13.8 Å². The Hall–Kier alpha value is -1.14. The third kappa shape index (κ3) is 22.1. The minimum atomic E-state index is -0.521. The Bertz CT molecular complexity index is 400. The van der Waals surface area contributed by atoms with Crippen molar-refractivity contribution in [1.29, 1.82) is 0 Å². The van der Waals surface area contributed by atoms with Gasteiger partial charge in [-0.15, -0.1) is 0 Å². The van der Waals surface area contributed by atoms with Gasteiger partial charge in [-0.05, 0) is 39.5 Å². The number of hydrogen-bond donors (Lipinski definition) is 0. The second-order valence-electron chi connectivity index (χ2n) is 8.60. The maximum absolute atomic E-state index is 11.9. The summed E-state index contributed by atoms with van der Waals surface area (Å²) in [5, 5.41) is 0. The molecule has 0 saturated carbocycles. The molecule has 6 heteroatoms. The Morgan fingerprint density at radius 2 is 0.875 bits per heavy atom. The van der Waals surface area contributed by atoms with Gasteiger partial charge in [-0.1, -0.05) is 78.1 Å². The van der Waals surface area contributed by atoms with E-state index >= 15 is 0 Å². The zero-order chi connectivity index (χ0) is 23.9. The average Bonchev–Trinajstić information content (AvgIpc) is 2.75. The van der Waals surface area contributed by atoms with E-state index in [1.807, 2.05) is 0 Å². The first-order chi connectivity index (χ1) is 15.5. The van der Waals surface area contributed by atoms with Crippen molar-refractivity contribution >= 4 is 11.9 Å². The van der Waals surface area contributed by atoms with E-state index in [2.05, 4.69) is 13.8 Å². The van der Waals surface area contributed by atoms with E-state index in [1.165, 1.54) is 51.4 Å². The van der Waals surface area contributed by atoms with Crippen LogP contribution in [-0.2, 0) is 28.5 Å². The SMILES string of the molecule is CCCCCCCCOC(C)OC(=O)CCCCC(=O)OC(C)OCCCCCCCC. The molecule has 2 unspecified atom stereocenters. The zero-order valence-corrected chi connectivity index (χ0v) is 21.3. The van der Waals surface area contributed by atoms with Gasteiger partial charge in [0.25, 0.3) is 0 Å². The summed E-state index contributed by atoms with van der Waals surface area (Å²) < 4.78 is 21.6. The van der Waals surface area contributed by atoms with Crippen molar-refractivity contribution in [1.82, 2.24) is 0 Å². The summed E-state index contributed by atoms with van der Waals surface area (Å²) in [6, 6.07) is 0. The fourth-order valence-electron chi connectivity index (χ4n) is 3.36. The monoisotopic (exact) mass is 458 g/mol. The van der Waals surface area contributed by atoms with Crippen LogP contribution in [0, 0.1) is 0 Å². The molecule has 0 heterocycles. The van der Waals surface area contributed by atoms with Gasteiger partial charge in [-0.3, -0.25) is 9.59 Å². The molecule has 0 rings (SSSR count). The molecule has 0 N–H and O–H groups in total. The van der Waals surface area contributed by atoms with Crippen molar-refractivity contribution < 1.29 is 28.5 Å². The molecule has 0 saturated heterocycles. The summed E-state index contributed by atoms with van der Waals surface area (Å²) in [5.41, 5.74) is 0. The van der Waals surface area contributed by atoms with Crippen LogP contribution < -0.4 is 0 Å². The minimum Gasteiger partial charge on any atom is -0.436 e. The first-order valence-electron chi connectivity index (χ1n) is 13.1. The van der Waals surface area contributed by atoms with Gasteiger partial charge in [0, 0.05) is 12.8 Å². The Kier molecular flexibility index (Phi) is 22.2. The molecule has 6 nitrogen and oxygen atoms in total. The Morgan fingerprint density at radius 1 is 0.531 bits per heavy atom. The maximum Gasteiger partial charge on any atom is 0.308 e. The molecule has 0 aliphatic carbocycles. The summed E-state index contributed by atoms with van der Waals surface area (Å²) in [4.78, 5) is 23.7. The largest absolute Gasteiger partial charge is 0.436 e. The second kappa shape index (κ2) is 23.0. The van der Waals surface area contributed by atoms with E-state index in [-0.39, 0.29) is 24.8 Å². The van der Waals surface area contributed by atoms with Gasteiger partial charge in [0.15, 0.2) is 12.6 Å². The van der Waals surface area contributed by atoms with Crippen molar-refractivity contribution in [3.8, 4) is 0 Å². The van der Waals surface area contributed by atoms with Crippen LogP contribution in [-0.4, -0.2) is 37.7 Å². The van der Waals surface area contributed by atoms with E-state index < -0.39 is 12.6 Å². The Balaban J connectivity index is 3.57. The summed E-state index contributed by atoms with van der Waals surface area (Å²) >= 11 is 0. The van der Waals surface area contributed by atoms with Crippen molar-refractivity contribution in [2.45, 2.75) is 143 Å². The van der Waals surface area contributed by atoms with Gasteiger partial charge >= 0.3 is 11.9 Å². The van der Waals surface area contributed by atoms with Crippen LogP contribution in [0.15, 0.2) is 0 Å². The van der Waals surface area contributed by atoms with Crippen LogP contribution >= 0.6 is 0 Å². The molecule has 0 fully saturated rings. The Labute approximate surface area is 197 Å². The molecule has 0 aliphatic heterocycles. The molecule has 0 aromatic carbocycles. The van der Waals surface area contributed by atoms with Crippen LogP contribution in [0.4, 0.5) is 0 Å². The molecule has 0 spiro atoms. The van der Waals surface area contributed by atoms with Crippen LogP contribution in [0.25, 0.3) is 0 Å². The molecule has 0 amide bonds. The van der Waals surface area contributed by atoms with Gasteiger partial charge in [0.1, 0.15) is 0 Å². The predicted molar refractivity (Wildman–Crippen MR) is 128 cm³/mol. The van der Waals surface area contributed by atoms with Gasteiger partial charge < -0.3 is 18.9 Å². The third-order valence-corrected chi connectivity index (χ3v) is 5.31. The lowest BCUT2D eigenvalue weighted by molar-refractivity contribution is -0.177. The lowest BCUT2D eigenvalue weighted by atomic mass is 10.1. The molecule has 0 aromatic rings. The number of rotatable bonds is 23. The molecular formula is C26H50O6. The molecule has 0 aromatic heterocycles. The normalized spacial score (nSPS) is 13.0. The van der Waals surface area contributed by atoms with Crippen molar-refractivity contribution in [3.63, 3.8) is 0 Å². The van der Waals surface area contributed by atoms with Crippen LogP contribution in [0.2, 0.25) is 0 Å². The smallest absolute Gasteiger partial charge is 0.308 e. The number of esters is 2. The van der Waals surface area contributed by atoms with Gasteiger partial charge in [-0.2, -0.15) is 0 Å². The van der Waals surface area contributed by atoms with Crippen LogP contribution in [0.3, 0.4) is 0 Å². The topological polar surface area (TPSA) is 71.1 Å². The first kappa shape index (κ1) is 30.9. The van der Waals surface area contributed by atoms with Crippen LogP contribution in [0.5, 0.6) is 0 Å². The summed E-state index contributed by atoms with van der Waals surface area (Å²) in [7, 11) is 0. The molecule has 32 heavy (non-hydrogen) atoms. The molecule has 190 valence electrons. The number of unbranched alkanes of at least 4 members (excludes halogenated alkanes) is 11. The summed E-state index contributed by atoms with van der Waals surface area (Å²) in [6.45, 7) is 9.15. The fraction of sp³-hybridized carbons (Fsp3) is 0.923. The predicted octanol–water partition coefficient (Wildman–Crippen LogP) is 7.08. The highest BCUT2D eigenvalue weighted by atomic mass is 16.7. The molecule has 0 bridgehead atoms. The number of carbonyl (C=O) groups excluding carboxylic acids is 2.